The lowest BCUT2D eigenvalue weighted by atomic mass is 10.1. The van der Waals surface area contributed by atoms with Crippen molar-refractivity contribution in [3.05, 3.63) is 88.0 Å². The predicted molar refractivity (Wildman–Crippen MR) is 89.5 cm³/mol. The Labute approximate surface area is 154 Å². The van der Waals surface area contributed by atoms with Gasteiger partial charge in [-0.15, -0.1) is 0 Å². The van der Waals surface area contributed by atoms with Gasteiger partial charge >= 0.3 is 12.4 Å². The molecule has 0 fully saturated rings. The summed E-state index contributed by atoms with van der Waals surface area (Å²) in [5.74, 6) is 0. The van der Waals surface area contributed by atoms with Crippen LogP contribution in [0, 0.1) is 0 Å². The topological polar surface area (TPSA) is 34.9 Å². The molecule has 0 aliphatic carbocycles. The Bertz CT molecular complexity index is 1050. The molecule has 0 amide bonds. The molecular formula is C19H12F6N2O. The largest absolute Gasteiger partial charge is 0.416 e. The SMILES string of the molecule is O=c1cccc(-c2cccc(C(F)(F)F)c2)n1Cc1cnccc1C(F)(F)F. The molecule has 3 aromatic rings. The molecule has 2 aromatic heterocycles. The lowest BCUT2D eigenvalue weighted by Gasteiger charge is -2.17. The maximum Gasteiger partial charge on any atom is 0.416 e. The van der Waals surface area contributed by atoms with Crippen LogP contribution in [0.1, 0.15) is 16.7 Å². The molecule has 0 bridgehead atoms. The standard InChI is InChI=1S/C19H12F6N2O/c20-18(21,22)14-4-1-3-12(9-14)16-5-2-6-17(28)27(16)11-13-10-26-8-7-15(13)19(23,24)25/h1-10H,11H2. The molecule has 0 unspecified atom stereocenters. The number of halogens is 6. The Morgan fingerprint density at radius 1 is 0.893 bits per heavy atom. The monoisotopic (exact) mass is 398 g/mol. The summed E-state index contributed by atoms with van der Waals surface area (Å²) in [7, 11) is 0. The van der Waals surface area contributed by atoms with Crippen LogP contribution in [0.25, 0.3) is 11.3 Å². The summed E-state index contributed by atoms with van der Waals surface area (Å²) in [4.78, 5) is 16.0. The molecule has 0 N–H and O–H groups in total. The first kappa shape index (κ1) is 19.7. The average Bonchev–Trinajstić information content (AvgIpc) is 2.62. The van der Waals surface area contributed by atoms with Crippen molar-refractivity contribution in [3.63, 3.8) is 0 Å². The van der Waals surface area contributed by atoms with E-state index in [0.717, 1.165) is 41.2 Å². The van der Waals surface area contributed by atoms with Crippen LogP contribution >= 0.6 is 0 Å². The number of benzene rings is 1. The molecule has 9 heteroatoms. The molecule has 1 aromatic carbocycles. The Kier molecular flexibility index (Phi) is 5.01. The molecule has 0 spiro atoms. The third kappa shape index (κ3) is 4.08. The van der Waals surface area contributed by atoms with E-state index in [1.165, 1.54) is 24.3 Å². The lowest BCUT2D eigenvalue weighted by molar-refractivity contribution is -0.138. The highest BCUT2D eigenvalue weighted by Crippen LogP contribution is 2.34. The molecule has 0 aliphatic rings. The van der Waals surface area contributed by atoms with E-state index in [-0.39, 0.29) is 16.8 Å². The van der Waals surface area contributed by atoms with E-state index in [2.05, 4.69) is 4.98 Å². The van der Waals surface area contributed by atoms with Gasteiger partial charge in [-0.25, -0.2) is 0 Å². The normalized spacial score (nSPS) is 12.2. The number of pyridine rings is 2. The summed E-state index contributed by atoms with van der Waals surface area (Å²) in [5, 5.41) is 0. The average molecular weight is 398 g/mol. The van der Waals surface area contributed by atoms with Crippen molar-refractivity contribution < 1.29 is 26.3 Å². The van der Waals surface area contributed by atoms with Crippen LogP contribution in [-0.4, -0.2) is 9.55 Å². The first-order valence-corrected chi connectivity index (χ1v) is 7.95. The predicted octanol–water partition coefficient (Wildman–Crippen LogP) is 5.00. The van der Waals surface area contributed by atoms with Gasteiger partial charge in [0.1, 0.15) is 0 Å². The summed E-state index contributed by atoms with van der Waals surface area (Å²) in [6, 6.07) is 8.87. The fourth-order valence-corrected chi connectivity index (χ4v) is 2.79. The first-order chi connectivity index (χ1) is 13.1. The van der Waals surface area contributed by atoms with Crippen LogP contribution in [-0.2, 0) is 18.9 Å². The van der Waals surface area contributed by atoms with Crippen molar-refractivity contribution >= 4 is 0 Å². The van der Waals surface area contributed by atoms with Gasteiger partial charge in [-0.3, -0.25) is 9.78 Å². The molecule has 3 nitrogen and oxygen atoms in total. The quantitative estimate of drug-likeness (QED) is 0.583. The van der Waals surface area contributed by atoms with Crippen molar-refractivity contribution in [1.82, 2.24) is 9.55 Å². The highest BCUT2D eigenvalue weighted by Gasteiger charge is 2.33. The second-order valence-electron chi connectivity index (χ2n) is 5.94. The molecule has 3 rings (SSSR count). The number of alkyl halides is 6. The summed E-state index contributed by atoms with van der Waals surface area (Å²) in [6.45, 7) is -0.492. The van der Waals surface area contributed by atoms with Gasteiger partial charge in [0.15, 0.2) is 0 Å². The van der Waals surface area contributed by atoms with Gasteiger partial charge in [-0.1, -0.05) is 18.2 Å². The smallest absolute Gasteiger partial charge is 0.304 e. The van der Waals surface area contributed by atoms with Gasteiger partial charge < -0.3 is 4.57 Å². The van der Waals surface area contributed by atoms with Crippen LogP contribution in [0.15, 0.2) is 65.7 Å². The van der Waals surface area contributed by atoms with Gasteiger partial charge in [-0.2, -0.15) is 26.3 Å². The molecule has 146 valence electrons. The fourth-order valence-electron chi connectivity index (χ4n) is 2.79. The van der Waals surface area contributed by atoms with E-state index in [1.54, 1.807) is 0 Å². The van der Waals surface area contributed by atoms with Gasteiger partial charge in [-0.05, 0) is 29.8 Å². The highest BCUT2D eigenvalue weighted by molar-refractivity contribution is 5.61. The maximum atomic E-state index is 13.2. The molecule has 0 aliphatic heterocycles. The van der Waals surface area contributed by atoms with Crippen molar-refractivity contribution in [2.45, 2.75) is 18.9 Å². The van der Waals surface area contributed by atoms with Crippen LogP contribution in [0.5, 0.6) is 0 Å². The maximum absolute atomic E-state index is 13.2. The van der Waals surface area contributed by atoms with Gasteiger partial charge in [0, 0.05) is 24.0 Å². The Morgan fingerprint density at radius 2 is 1.61 bits per heavy atom. The first-order valence-electron chi connectivity index (χ1n) is 7.95. The minimum Gasteiger partial charge on any atom is -0.304 e. The highest BCUT2D eigenvalue weighted by atomic mass is 19.4. The Hall–Kier alpha value is -3.10. The van der Waals surface area contributed by atoms with Crippen LogP contribution < -0.4 is 5.56 Å². The summed E-state index contributed by atoms with van der Waals surface area (Å²) < 4.78 is 79.6. The van der Waals surface area contributed by atoms with Crippen molar-refractivity contribution in [3.8, 4) is 11.3 Å². The van der Waals surface area contributed by atoms with Crippen molar-refractivity contribution in [2.75, 3.05) is 0 Å². The number of hydrogen-bond donors (Lipinski definition) is 0. The van der Waals surface area contributed by atoms with E-state index in [9.17, 15) is 31.1 Å². The Morgan fingerprint density at radius 3 is 2.29 bits per heavy atom. The van der Waals surface area contributed by atoms with E-state index in [1.807, 2.05) is 0 Å². The number of aromatic nitrogens is 2. The molecule has 2 heterocycles. The zero-order valence-corrected chi connectivity index (χ0v) is 14.1. The molecule has 0 radical (unpaired) electrons. The fraction of sp³-hybridized carbons (Fsp3) is 0.158. The summed E-state index contributed by atoms with van der Waals surface area (Å²) in [5.41, 5.74) is -2.68. The third-order valence-electron chi connectivity index (χ3n) is 4.07. The molecule has 0 atom stereocenters. The van der Waals surface area contributed by atoms with Crippen LogP contribution in [0.4, 0.5) is 26.3 Å². The second-order valence-corrected chi connectivity index (χ2v) is 5.94. The minimum absolute atomic E-state index is 0.0602. The van der Waals surface area contributed by atoms with Crippen molar-refractivity contribution in [1.29, 1.82) is 0 Å². The zero-order valence-electron chi connectivity index (χ0n) is 14.1. The van der Waals surface area contributed by atoms with E-state index in [4.69, 9.17) is 0 Å². The molecular weight excluding hydrogens is 386 g/mol. The van der Waals surface area contributed by atoms with Gasteiger partial charge in [0.25, 0.3) is 5.56 Å². The Balaban J connectivity index is 2.13. The van der Waals surface area contributed by atoms with Gasteiger partial charge in [0.05, 0.1) is 23.4 Å². The van der Waals surface area contributed by atoms with Crippen LogP contribution in [0.3, 0.4) is 0 Å². The lowest BCUT2D eigenvalue weighted by Crippen LogP contribution is -2.23. The second kappa shape index (κ2) is 7.14. The molecule has 0 saturated heterocycles. The number of nitrogens with zero attached hydrogens (tertiary/aromatic N) is 2. The molecule has 0 saturated carbocycles. The minimum atomic E-state index is -4.66. The zero-order chi connectivity index (χ0) is 20.5. The number of hydrogen-bond acceptors (Lipinski definition) is 2. The van der Waals surface area contributed by atoms with Crippen molar-refractivity contribution in [2.24, 2.45) is 0 Å². The van der Waals surface area contributed by atoms with E-state index >= 15 is 0 Å². The van der Waals surface area contributed by atoms with Crippen LogP contribution in [0.2, 0.25) is 0 Å². The third-order valence-corrected chi connectivity index (χ3v) is 4.07. The van der Waals surface area contributed by atoms with E-state index < -0.39 is 35.6 Å². The summed E-state index contributed by atoms with van der Waals surface area (Å²) >= 11 is 0. The summed E-state index contributed by atoms with van der Waals surface area (Å²) in [6.07, 6.45) is -7.29. The number of rotatable bonds is 3. The van der Waals surface area contributed by atoms with E-state index in [0.29, 0.717) is 0 Å². The van der Waals surface area contributed by atoms with Gasteiger partial charge in [0.2, 0.25) is 0 Å². The molecule has 28 heavy (non-hydrogen) atoms.